The van der Waals surface area contributed by atoms with Gasteiger partial charge in [-0.2, -0.15) is 13.2 Å². The highest BCUT2D eigenvalue weighted by Crippen LogP contribution is 2.37. The van der Waals surface area contributed by atoms with E-state index in [-0.39, 0.29) is 22.2 Å². The summed E-state index contributed by atoms with van der Waals surface area (Å²) in [4.78, 5) is 14.9. The van der Waals surface area contributed by atoms with Crippen molar-refractivity contribution in [2.45, 2.75) is 19.5 Å². The molecule has 3 rings (SSSR count). The molecule has 1 aromatic carbocycles. The first-order valence-corrected chi connectivity index (χ1v) is 8.48. The number of rotatable bonds is 3. The number of fused-ring (bicyclic) bond motifs is 1. The fraction of sp³-hybridized carbons (Fsp3) is 0.222. The Kier molecular flexibility index (Phi) is 4.86. The van der Waals surface area contributed by atoms with Crippen LogP contribution in [0.4, 0.5) is 13.2 Å². The fourth-order valence-electron chi connectivity index (χ4n) is 3.14. The lowest BCUT2D eigenvalue weighted by Gasteiger charge is -2.11. The van der Waals surface area contributed by atoms with Crippen LogP contribution in [0.3, 0.4) is 0 Å². The summed E-state index contributed by atoms with van der Waals surface area (Å²) in [5.74, 6) is -1.29. The van der Waals surface area contributed by atoms with E-state index in [0.29, 0.717) is 27.6 Å². The second-order valence-electron chi connectivity index (χ2n) is 6.18. The monoisotopic (exact) mass is 416 g/mol. The fourth-order valence-corrected chi connectivity index (χ4v) is 3.69. The number of aryl methyl sites for hydroxylation is 2. The summed E-state index contributed by atoms with van der Waals surface area (Å²) >= 11 is 12.3. The van der Waals surface area contributed by atoms with Crippen LogP contribution in [0.1, 0.15) is 32.7 Å². The molecule has 0 aliphatic carbocycles. The number of halogens is 5. The van der Waals surface area contributed by atoms with E-state index in [4.69, 9.17) is 23.2 Å². The number of benzene rings is 1. The number of aromatic nitrogens is 2. The SMILES string of the molecule is Cc1cc(C(F)(F)F)cc2c1c(Cc1c(Cl)cnc(C(=O)O)c1Cl)cn2C. The van der Waals surface area contributed by atoms with Gasteiger partial charge in [-0.3, -0.25) is 0 Å². The third-order valence-corrected chi connectivity index (χ3v) is 5.06. The molecule has 0 saturated heterocycles. The van der Waals surface area contributed by atoms with Gasteiger partial charge in [0.2, 0.25) is 0 Å². The van der Waals surface area contributed by atoms with Gasteiger partial charge in [0.15, 0.2) is 5.69 Å². The molecule has 142 valence electrons. The number of hydrogen-bond acceptors (Lipinski definition) is 2. The number of hydrogen-bond donors (Lipinski definition) is 1. The van der Waals surface area contributed by atoms with Gasteiger partial charge < -0.3 is 9.67 Å². The molecule has 4 nitrogen and oxygen atoms in total. The van der Waals surface area contributed by atoms with Crippen LogP contribution in [0, 0.1) is 6.92 Å². The van der Waals surface area contributed by atoms with Gasteiger partial charge in [0.25, 0.3) is 0 Å². The number of pyridine rings is 1. The molecule has 1 N–H and O–H groups in total. The predicted octanol–water partition coefficient (Wildman–Crippen LogP) is 5.50. The van der Waals surface area contributed by atoms with Crippen LogP contribution in [0.2, 0.25) is 10.0 Å². The maximum atomic E-state index is 13.1. The Morgan fingerprint density at radius 2 is 1.96 bits per heavy atom. The summed E-state index contributed by atoms with van der Waals surface area (Å²) in [6, 6.07) is 2.18. The summed E-state index contributed by atoms with van der Waals surface area (Å²) < 4.78 is 40.9. The van der Waals surface area contributed by atoms with E-state index in [1.807, 2.05) is 0 Å². The lowest BCUT2D eigenvalue weighted by molar-refractivity contribution is -0.137. The van der Waals surface area contributed by atoms with E-state index in [1.54, 1.807) is 24.7 Å². The number of nitrogens with zero attached hydrogens (tertiary/aromatic N) is 2. The first-order valence-electron chi connectivity index (χ1n) is 7.72. The number of alkyl halides is 3. The Balaban J connectivity index is 2.18. The van der Waals surface area contributed by atoms with Crippen molar-refractivity contribution >= 4 is 40.1 Å². The van der Waals surface area contributed by atoms with Gasteiger partial charge in [0, 0.05) is 36.8 Å². The van der Waals surface area contributed by atoms with Crippen LogP contribution >= 0.6 is 23.2 Å². The average molecular weight is 417 g/mol. The van der Waals surface area contributed by atoms with E-state index in [9.17, 15) is 23.1 Å². The summed E-state index contributed by atoms with van der Waals surface area (Å²) in [6.45, 7) is 1.60. The molecule has 9 heteroatoms. The second-order valence-corrected chi connectivity index (χ2v) is 6.96. The maximum Gasteiger partial charge on any atom is 0.416 e. The summed E-state index contributed by atoms with van der Waals surface area (Å²) in [5.41, 5.74) is 0.857. The van der Waals surface area contributed by atoms with Crippen LogP contribution in [0.15, 0.2) is 24.5 Å². The highest BCUT2D eigenvalue weighted by molar-refractivity contribution is 6.37. The maximum absolute atomic E-state index is 13.1. The van der Waals surface area contributed by atoms with E-state index in [2.05, 4.69) is 4.98 Å². The standard InChI is InChI=1S/C18H13Cl2F3N2O2/c1-8-3-10(18(21,22)23)5-13-14(8)9(7-25(13)2)4-11-12(19)6-24-16(15(11)20)17(26)27/h3,5-7H,4H2,1-2H3,(H,26,27). The zero-order valence-corrected chi connectivity index (χ0v) is 15.7. The van der Waals surface area contributed by atoms with Gasteiger partial charge >= 0.3 is 12.1 Å². The third kappa shape index (κ3) is 3.49. The van der Waals surface area contributed by atoms with Crippen molar-refractivity contribution in [3.8, 4) is 0 Å². The number of carboxylic acids is 1. The van der Waals surface area contributed by atoms with Gasteiger partial charge in [-0.05, 0) is 35.7 Å². The molecule has 3 aromatic rings. The van der Waals surface area contributed by atoms with E-state index in [1.165, 1.54) is 6.20 Å². The predicted molar refractivity (Wildman–Crippen MR) is 96.7 cm³/mol. The zero-order chi connectivity index (χ0) is 20.1. The van der Waals surface area contributed by atoms with Crippen molar-refractivity contribution in [3.05, 3.63) is 62.5 Å². The second kappa shape index (κ2) is 6.73. The molecule has 0 fully saturated rings. The van der Waals surface area contributed by atoms with E-state index in [0.717, 1.165) is 12.1 Å². The molecule has 0 spiro atoms. The zero-order valence-electron chi connectivity index (χ0n) is 14.2. The minimum absolute atomic E-state index is 0.0865. The van der Waals surface area contributed by atoms with Crippen LogP contribution in [-0.4, -0.2) is 20.6 Å². The molecule has 0 bridgehead atoms. The smallest absolute Gasteiger partial charge is 0.416 e. The van der Waals surface area contributed by atoms with E-state index >= 15 is 0 Å². The molecule has 0 radical (unpaired) electrons. The van der Waals surface area contributed by atoms with Gasteiger partial charge in [-0.15, -0.1) is 0 Å². The van der Waals surface area contributed by atoms with Crippen molar-refractivity contribution in [2.75, 3.05) is 0 Å². The minimum Gasteiger partial charge on any atom is -0.476 e. The van der Waals surface area contributed by atoms with Crippen LogP contribution in [0.25, 0.3) is 10.9 Å². The Morgan fingerprint density at radius 3 is 2.56 bits per heavy atom. The van der Waals surface area contributed by atoms with Crippen molar-refractivity contribution < 1.29 is 23.1 Å². The summed E-state index contributed by atoms with van der Waals surface area (Å²) in [5, 5.41) is 9.92. The third-order valence-electron chi connectivity index (χ3n) is 4.33. The molecule has 0 aliphatic heterocycles. The van der Waals surface area contributed by atoms with Gasteiger partial charge in [0.1, 0.15) is 0 Å². The van der Waals surface area contributed by atoms with Gasteiger partial charge in [-0.1, -0.05) is 23.2 Å². The van der Waals surface area contributed by atoms with Crippen molar-refractivity contribution in [1.82, 2.24) is 9.55 Å². The first-order chi connectivity index (χ1) is 12.5. The van der Waals surface area contributed by atoms with Gasteiger partial charge in [0.05, 0.1) is 15.6 Å². The van der Waals surface area contributed by atoms with Crippen LogP contribution < -0.4 is 0 Å². The Bertz CT molecular complexity index is 1070. The average Bonchev–Trinajstić information content (AvgIpc) is 2.87. The molecular weight excluding hydrogens is 404 g/mol. The van der Waals surface area contributed by atoms with Gasteiger partial charge in [-0.25, -0.2) is 9.78 Å². The number of aromatic carboxylic acids is 1. The largest absolute Gasteiger partial charge is 0.476 e. The van der Waals surface area contributed by atoms with Crippen LogP contribution in [0.5, 0.6) is 0 Å². The molecule has 0 aliphatic rings. The molecule has 2 heterocycles. The highest BCUT2D eigenvalue weighted by Gasteiger charge is 2.32. The molecule has 0 unspecified atom stereocenters. The molecule has 0 saturated carbocycles. The normalized spacial score (nSPS) is 12.0. The Labute approximate surface area is 162 Å². The van der Waals surface area contributed by atoms with E-state index < -0.39 is 17.7 Å². The summed E-state index contributed by atoms with van der Waals surface area (Å²) in [7, 11) is 1.64. The van der Waals surface area contributed by atoms with Crippen LogP contribution in [-0.2, 0) is 19.6 Å². The minimum atomic E-state index is -4.45. The van der Waals surface area contributed by atoms with Crippen molar-refractivity contribution in [3.63, 3.8) is 0 Å². The molecule has 27 heavy (non-hydrogen) atoms. The lowest BCUT2D eigenvalue weighted by atomic mass is 9.99. The highest BCUT2D eigenvalue weighted by atomic mass is 35.5. The lowest BCUT2D eigenvalue weighted by Crippen LogP contribution is -2.06. The van der Waals surface area contributed by atoms with Crippen molar-refractivity contribution in [2.24, 2.45) is 7.05 Å². The molecular formula is C18H13Cl2F3N2O2. The number of carbonyl (C=O) groups is 1. The Hall–Kier alpha value is -2.25. The molecule has 0 atom stereocenters. The Morgan fingerprint density at radius 1 is 1.30 bits per heavy atom. The quantitative estimate of drug-likeness (QED) is 0.613. The molecule has 0 amide bonds. The summed E-state index contributed by atoms with van der Waals surface area (Å²) in [6.07, 6.45) is -1.40. The van der Waals surface area contributed by atoms with Crippen molar-refractivity contribution in [1.29, 1.82) is 0 Å². The molecule has 2 aromatic heterocycles. The first kappa shape index (κ1) is 19.5. The number of carboxylic acid groups (broad SMARTS) is 1. The topological polar surface area (TPSA) is 55.1 Å².